The van der Waals surface area contributed by atoms with Crippen LogP contribution < -0.4 is 10.6 Å². The summed E-state index contributed by atoms with van der Waals surface area (Å²) in [4.78, 5) is 54.6. The maximum atomic E-state index is 13.4. The van der Waals surface area contributed by atoms with Gasteiger partial charge >= 0.3 is 0 Å². The predicted octanol–water partition coefficient (Wildman–Crippen LogP) is 3.43. The van der Waals surface area contributed by atoms with Crippen LogP contribution in [0.1, 0.15) is 63.6 Å². The molecule has 0 saturated carbocycles. The van der Waals surface area contributed by atoms with Crippen LogP contribution in [0.4, 0.5) is 10.1 Å². The normalized spacial score (nSPS) is 19.2. The molecule has 2 aromatic carbocycles. The summed E-state index contributed by atoms with van der Waals surface area (Å²) in [6, 6.07) is 10.4. The van der Waals surface area contributed by atoms with Crippen LogP contribution in [-0.2, 0) is 22.6 Å². The molecule has 1 atom stereocenters. The number of benzene rings is 2. The number of hydrogen-bond donors (Lipinski definition) is 2. The molecule has 2 fully saturated rings. The monoisotopic (exact) mass is 570 g/mol. The van der Waals surface area contributed by atoms with Crippen LogP contribution >= 0.6 is 0 Å². The molecule has 4 amide bonds. The molecule has 3 aromatic rings. The molecular weight excluding hydrogens is 539 g/mol. The zero-order valence-corrected chi connectivity index (χ0v) is 23.0. The quantitative estimate of drug-likeness (QED) is 0.421. The average Bonchev–Trinajstić information content (AvgIpc) is 3.56. The van der Waals surface area contributed by atoms with Gasteiger partial charge in [0.2, 0.25) is 11.8 Å². The lowest BCUT2D eigenvalue weighted by molar-refractivity contribution is -0.131. The zero-order chi connectivity index (χ0) is 29.4. The van der Waals surface area contributed by atoms with Gasteiger partial charge in [0, 0.05) is 42.8 Å². The molecule has 0 spiro atoms. The molecule has 10 nitrogen and oxygen atoms in total. The third-order valence-corrected chi connectivity index (χ3v) is 8.18. The van der Waals surface area contributed by atoms with E-state index in [1.165, 1.54) is 12.1 Å². The molecule has 1 aromatic heterocycles. The Hall–Kier alpha value is -4.80. The number of carbonyl (C=O) groups excluding carboxylic acids is 4. The molecule has 42 heavy (non-hydrogen) atoms. The van der Waals surface area contributed by atoms with Crippen molar-refractivity contribution in [2.45, 2.75) is 50.7 Å². The number of fused-ring (bicyclic) bond motifs is 1. The zero-order valence-electron chi connectivity index (χ0n) is 23.0. The maximum absolute atomic E-state index is 13.4. The number of hydrogen-bond acceptors (Lipinski definition) is 6. The molecule has 2 saturated heterocycles. The third-order valence-electron chi connectivity index (χ3n) is 8.18. The van der Waals surface area contributed by atoms with Crippen molar-refractivity contribution in [3.05, 3.63) is 95.2 Å². The number of allylic oxidation sites excluding steroid dienone is 1. The number of aromatic nitrogens is 2. The molecule has 2 N–H and O–H groups in total. The minimum Gasteiger partial charge on any atom is -0.380 e. The van der Waals surface area contributed by atoms with Crippen molar-refractivity contribution in [3.63, 3.8) is 0 Å². The SMILES string of the molecule is C=C1CCC(N2C(=O)c3cccc(NCc4cnn(C5CCN(C(=O)Cc6ccc(F)cc6)CC5)c4)c3C2=O)C(=O)N1. The highest BCUT2D eigenvalue weighted by atomic mass is 19.1. The van der Waals surface area contributed by atoms with Crippen LogP contribution in [0.3, 0.4) is 0 Å². The van der Waals surface area contributed by atoms with Gasteiger partial charge in [-0.3, -0.25) is 28.8 Å². The number of halogens is 1. The molecule has 0 radical (unpaired) electrons. The van der Waals surface area contributed by atoms with E-state index in [9.17, 15) is 23.6 Å². The van der Waals surface area contributed by atoms with Gasteiger partial charge in [-0.2, -0.15) is 5.10 Å². The largest absolute Gasteiger partial charge is 0.380 e. The third kappa shape index (κ3) is 5.29. The first kappa shape index (κ1) is 27.4. The van der Waals surface area contributed by atoms with E-state index in [-0.39, 0.29) is 35.3 Å². The summed E-state index contributed by atoms with van der Waals surface area (Å²) in [6.45, 7) is 5.39. The minimum absolute atomic E-state index is 0.0296. The summed E-state index contributed by atoms with van der Waals surface area (Å²) in [6.07, 6.45) is 6.36. The van der Waals surface area contributed by atoms with E-state index in [0.29, 0.717) is 43.9 Å². The van der Waals surface area contributed by atoms with Crippen molar-refractivity contribution >= 4 is 29.3 Å². The highest BCUT2D eigenvalue weighted by molar-refractivity contribution is 6.25. The lowest BCUT2D eigenvalue weighted by Crippen LogP contribution is -2.51. The molecule has 3 aliphatic heterocycles. The highest BCUT2D eigenvalue weighted by Crippen LogP contribution is 2.33. The average molecular weight is 571 g/mol. The molecule has 11 heteroatoms. The summed E-state index contributed by atoms with van der Waals surface area (Å²) in [5.41, 5.74) is 3.34. The van der Waals surface area contributed by atoms with E-state index >= 15 is 0 Å². The summed E-state index contributed by atoms with van der Waals surface area (Å²) in [5, 5.41) is 10.5. The van der Waals surface area contributed by atoms with E-state index in [4.69, 9.17) is 0 Å². The van der Waals surface area contributed by atoms with Crippen molar-refractivity contribution in [2.24, 2.45) is 0 Å². The van der Waals surface area contributed by atoms with Crippen LogP contribution in [0.2, 0.25) is 0 Å². The van der Waals surface area contributed by atoms with Crippen molar-refractivity contribution in [3.8, 4) is 0 Å². The van der Waals surface area contributed by atoms with E-state index in [1.54, 1.807) is 36.5 Å². The fraction of sp³-hybridized carbons (Fsp3) is 0.323. The Labute approximate surface area is 242 Å². The summed E-state index contributed by atoms with van der Waals surface area (Å²) < 4.78 is 15.1. The standard InChI is InChI=1S/C31H31FN6O4/c1-19-5-10-26(29(40)35-19)38-30(41)24-3-2-4-25(28(24)31(38)42)33-16-21-17-34-37(18-21)23-11-13-36(14-12-23)27(39)15-20-6-8-22(32)9-7-20/h2-4,6-9,17-18,23,26,33H,1,5,10-16H2,(H,35,40). The molecule has 1 unspecified atom stereocenters. The number of nitrogens with one attached hydrogen (secondary N) is 2. The van der Waals surface area contributed by atoms with Crippen LogP contribution in [0.5, 0.6) is 0 Å². The smallest absolute Gasteiger partial charge is 0.264 e. The highest BCUT2D eigenvalue weighted by Gasteiger charge is 2.45. The van der Waals surface area contributed by atoms with Gasteiger partial charge in [0.05, 0.1) is 29.8 Å². The van der Waals surface area contributed by atoms with E-state index in [2.05, 4.69) is 22.3 Å². The van der Waals surface area contributed by atoms with Gasteiger partial charge in [-0.25, -0.2) is 4.39 Å². The molecule has 3 aliphatic rings. The number of nitrogens with zero attached hydrogens (tertiary/aromatic N) is 4. The Balaban J connectivity index is 1.06. The molecule has 0 bridgehead atoms. The first-order valence-electron chi connectivity index (χ1n) is 14.1. The summed E-state index contributed by atoms with van der Waals surface area (Å²) in [7, 11) is 0. The van der Waals surface area contributed by atoms with Crippen LogP contribution in [0.25, 0.3) is 0 Å². The van der Waals surface area contributed by atoms with Gasteiger partial charge in [0.15, 0.2) is 0 Å². The minimum atomic E-state index is -0.862. The van der Waals surface area contributed by atoms with Crippen molar-refractivity contribution in [1.29, 1.82) is 0 Å². The molecule has 0 aliphatic carbocycles. The van der Waals surface area contributed by atoms with Crippen molar-refractivity contribution < 1.29 is 23.6 Å². The molecule has 4 heterocycles. The first-order valence-corrected chi connectivity index (χ1v) is 14.1. The van der Waals surface area contributed by atoms with Crippen LogP contribution in [0, 0.1) is 5.82 Å². The maximum Gasteiger partial charge on any atom is 0.264 e. The topological polar surface area (TPSA) is 117 Å². The second-order valence-electron chi connectivity index (χ2n) is 11.0. The van der Waals surface area contributed by atoms with Gasteiger partial charge in [0.25, 0.3) is 11.8 Å². The number of likely N-dealkylation sites (tertiary alicyclic amines) is 1. The van der Waals surface area contributed by atoms with Gasteiger partial charge < -0.3 is 15.5 Å². The molecule has 6 rings (SSSR count). The van der Waals surface area contributed by atoms with Crippen molar-refractivity contribution in [2.75, 3.05) is 18.4 Å². The first-order chi connectivity index (χ1) is 20.3. The van der Waals surface area contributed by atoms with E-state index in [0.717, 1.165) is 28.9 Å². The molecule has 216 valence electrons. The van der Waals surface area contributed by atoms with Gasteiger partial charge in [-0.1, -0.05) is 24.8 Å². The fourth-order valence-electron chi connectivity index (χ4n) is 5.88. The summed E-state index contributed by atoms with van der Waals surface area (Å²) in [5.74, 6) is -1.64. The molecular formula is C31H31FN6O4. The number of imide groups is 1. The number of anilines is 1. The Morgan fingerprint density at radius 3 is 2.52 bits per heavy atom. The number of carbonyl (C=O) groups is 4. The lowest BCUT2D eigenvalue weighted by Gasteiger charge is -2.32. The Bertz CT molecular complexity index is 1570. The van der Waals surface area contributed by atoms with Gasteiger partial charge in [0.1, 0.15) is 11.9 Å². The summed E-state index contributed by atoms with van der Waals surface area (Å²) >= 11 is 0. The Morgan fingerprint density at radius 2 is 1.79 bits per heavy atom. The fourth-order valence-corrected chi connectivity index (χ4v) is 5.88. The number of rotatable bonds is 7. The van der Waals surface area contributed by atoms with E-state index < -0.39 is 23.8 Å². The van der Waals surface area contributed by atoms with Crippen LogP contribution in [0.15, 0.2) is 67.1 Å². The second kappa shape index (κ2) is 11.2. The Morgan fingerprint density at radius 1 is 1.02 bits per heavy atom. The number of piperidine rings is 2. The Kier molecular flexibility index (Phi) is 7.32. The van der Waals surface area contributed by atoms with E-state index in [1.807, 2.05) is 15.8 Å². The predicted molar refractivity (Wildman–Crippen MR) is 152 cm³/mol. The lowest BCUT2D eigenvalue weighted by atomic mass is 10.0. The van der Waals surface area contributed by atoms with Gasteiger partial charge in [-0.15, -0.1) is 0 Å². The number of amides is 4. The van der Waals surface area contributed by atoms with Gasteiger partial charge in [-0.05, 0) is 55.5 Å². The van der Waals surface area contributed by atoms with Crippen molar-refractivity contribution in [1.82, 2.24) is 24.9 Å². The second-order valence-corrected chi connectivity index (χ2v) is 11.0. The van der Waals surface area contributed by atoms with Crippen LogP contribution in [-0.4, -0.2) is 62.3 Å².